The Morgan fingerprint density at radius 1 is 0.814 bits per heavy atom. The molecule has 3 aliphatic rings. The van der Waals surface area contributed by atoms with Crippen LogP contribution in [0.5, 0.6) is 0 Å². The number of nitrogens with two attached hydrogens (primary N) is 2. The van der Waals surface area contributed by atoms with Gasteiger partial charge in [-0.2, -0.15) is 0 Å². The Morgan fingerprint density at radius 2 is 1.40 bits per heavy atom. The van der Waals surface area contributed by atoms with Crippen LogP contribution in [0.3, 0.4) is 0 Å². The van der Waals surface area contributed by atoms with Crippen LogP contribution in [0.15, 0.2) is 37.5 Å². The molecule has 6 heterocycles. The van der Waals surface area contributed by atoms with Crippen molar-refractivity contribution in [2.45, 2.75) is 36.8 Å². The number of fused-ring (bicyclic) bond motifs is 4. The summed E-state index contributed by atoms with van der Waals surface area (Å²) >= 11 is 0. The molecule has 1 aliphatic carbocycles. The first kappa shape index (κ1) is 28.3. The summed E-state index contributed by atoms with van der Waals surface area (Å²) in [6, 6.07) is -0.794. The number of rotatable bonds is 2. The molecule has 0 aromatic carbocycles. The lowest BCUT2D eigenvalue weighted by Gasteiger charge is -2.30. The monoisotopic (exact) mass is 640 g/mol. The standard InChI is InChI=1S/C21H23FN10O9P2/c22-12-16-11(39-21(12)32-8-30-14-18(24)26-6-28-20(14)32)4-38-43(35,36)40-15-9(3-37-42(33,34)41-16)1-2-10(15)31-7-29-13-17(23)25-5-27-19(13)31/h1-2,5-12,15-16,21H,3-4H2,(H,33,34)(H,35,36)(H2,23,25,27)(H2,24,26,28)/t9?,10-,11-,12-,15-,16-,21-/m1/s1. The van der Waals surface area contributed by atoms with Crippen LogP contribution in [-0.4, -0.2) is 86.5 Å². The highest BCUT2D eigenvalue weighted by molar-refractivity contribution is 7.47. The molecule has 2 fully saturated rings. The maximum Gasteiger partial charge on any atom is 0.472 e. The van der Waals surface area contributed by atoms with Crippen LogP contribution >= 0.6 is 15.6 Å². The molecule has 228 valence electrons. The number of ether oxygens (including phenoxy) is 1. The molecule has 4 aromatic heterocycles. The molecule has 2 aliphatic heterocycles. The highest BCUT2D eigenvalue weighted by Crippen LogP contribution is 2.54. The van der Waals surface area contributed by atoms with E-state index in [0.29, 0.717) is 11.2 Å². The van der Waals surface area contributed by atoms with Crippen molar-refractivity contribution in [3.63, 3.8) is 0 Å². The Bertz CT molecular complexity index is 1840. The zero-order valence-corrected chi connectivity index (χ0v) is 23.5. The Labute approximate surface area is 239 Å². The molecule has 0 spiro atoms. The predicted octanol–water partition coefficient (Wildman–Crippen LogP) is 0.811. The second kappa shape index (κ2) is 10.3. The number of imidazole rings is 2. The summed E-state index contributed by atoms with van der Waals surface area (Å²) in [7, 11) is -9.81. The largest absolute Gasteiger partial charge is 0.472 e. The zero-order chi connectivity index (χ0) is 30.1. The fourth-order valence-corrected chi connectivity index (χ4v) is 7.28. The number of aromatic nitrogens is 8. The van der Waals surface area contributed by atoms with Gasteiger partial charge in [0.2, 0.25) is 0 Å². The number of anilines is 2. The first-order valence-electron chi connectivity index (χ1n) is 12.7. The van der Waals surface area contributed by atoms with Gasteiger partial charge in [0.1, 0.15) is 42.0 Å². The highest BCUT2D eigenvalue weighted by Gasteiger charge is 2.52. The molecule has 6 N–H and O–H groups in total. The number of alkyl halides is 1. The SMILES string of the molecule is Nc1ncnc2c1ncn2[C@@H]1C=CC2COP(=O)(O)O[C@H]3[C@@H](F)[C@H](n4cnc5c(N)ncnc54)O[C@@H]3COP(=O)(O)O[C@H]21. The molecule has 0 amide bonds. The van der Waals surface area contributed by atoms with E-state index < -0.39 is 71.5 Å². The van der Waals surface area contributed by atoms with Gasteiger partial charge in [0.15, 0.2) is 35.3 Å². The number of hydrogen-bond acceptors (Lipinski definition) is 15. The lowest BCUT2D eigenvalue weighted by molar-refractivity contribution is -0.0530. The van der Waals surface area contributed by atoms with Gasteiger partial charge in [-0.05, 0) is 0 Å². The van der Waals surface area contributed by atoms with Gasteiger partial charge < -0.3 is 30.6 Å². The summed E-state index contributed by atoms with van der Waals surface area (Å²) in [5, 5.41) is 0. The third-order valence-corrected chi connectivity index (χ3v) is 9.26. The van der Waals surface area contributed by atoms with Crippen LogP contribution in [0, 0.1) is 5.92 Å². The number of nitrogens with zero attached hydrogens (tertiary/aromatic N) is 8. The summed E-state index contributed by atoms with van der Waals surface area (Å²) < 4.78 is 71.8. The van der Waals surface area contributed by atoms with Gasteiger partial charge >= 0.3 is 15.6 Å². The van der Waals surface area contributed by atoms with Gasteiger partial charge in [-0.3, -0.25) is 22.7 Å². The topological polar surface area (TPSA) is 260 Å². The average molecular weight is 640 g/mol. The lowest BCUT2D eigenvalue weighted by Crippen LogP contribution is -2.35. The number of hydrogen-bond donors (Lipinski definition) is 4. The summed E-state index contributed by atoms with van der Waals surface area (Å²) in [6.45, 7) is -1.29. The minimum absolute atomic E-state index is 0.0346. The minimum Gasteiger partial charge on any atom is -0.382 e. The van der Waals surface area contributed by atoms with E-state index in [2.05, 4.69) is 29.9 Å². The molecule has 0 bridgehead atoms. The van der Waals surface area contributed by atoms with Crippen LogP contribution in [0.2, 0.25) is 0 Å². The molecule has 2 saturated heterocycles. The molecule has 22 heteroatoms. The van der Waals surface area contributed by atoms with E-state index in [1.807, 2.05) is 0 Å². The van der Waals surface area contributed by atoms with Crippen LogP contribution < -0.4 is 11.5 Å². The Balaban J connectivity index is 1.18. The predicted molar refractivity (Wildman–Crippen MR) is 141 cm³/mol. The van der Waals surface area contributed by atoms with Crippen molar-refractivity contribution in [2.75, 3.05) is 24.7 Å². The molecule has 9 atom stereocenters. The number of phosphoric ester groups is 2. The summed E-state index contributed by atoms with van der Waals surface area (Å²) in [5.74, 6) is -0.705. The van der Waals surface area contributed by atoms with Crippen LogP contribution in [0.4, 0.5) is 16.0 Å². The fraction of sp³-hybridized carbons (Fsp3) is 0.429. The molecule has 3 unspecified atom stereocenters. The molecular formula is C21H23FN10O9P2. The second-order valence-corrected chi connectivity index (χ2v) is 12.7. The van der Waals surface area contributed by atoms with Crippen LogP contribution in [0.25, 0.3) is 22.3 Å². The lowest BCUT2D eigenvalue weighted by atomic mass is 10.1. The molecular weight excluding hydrogens is 617 g/mol. The van der Waals surface area contributed by atoms with E-state index >= 15 is 4.39 Å². The molecule has 0 saturated carbocycles. The Kier molecular flexibility index (Phi) is 6.80. The number of nitrogen functional groups attached to an aromatic ring is 2. The molecule has 43 heavy (non-hydrogen) atoms. The average Bonchev–Trinajstić information content (AvgIpc) is 3.72. The van der Waals surface area contributed by atoms with Gasteiger partial charge in [-0.25, -0.2) is 43.4 Å². The number of phosphoric acid groups is 2. The summed E-state index contributed by atoms with van der Waals surface area (Å²) in [4.78, 5) is 45.6. The van der Waals surface area contributed by atoms with E-state index in [1.54, 1.807) is 12.2 Å². The second-order valence-electron chi connectivity index (χ2n) is 9.88. The van der Waals surface area contributed by atoms with Gasteiger partial charge in [0.25, 0.3) is 0 Å². The van der Waals surface area contributed by atoms with Gasteiger partial charge in [0.05, 0.1) is 31.9 Å². The fourth-order valence-electron chi connectivity index (χ4n) is 5.31. The summed E-state index contributed by atoms with van der Waals surface area (Å²) in [5.41, 5.74) is 12.6. The molecule has 7 rings (SSSR count). The van der Waals surface area contributed by atoms with Gasteiger partial charge in [0, 0.05) is 5.92 Å². The van der Waals surface area contributed by atoms with Crippen LogP contribution in [0.1, 0.15) is 12.3 Å². The molecule has 4 aromatic rings. The van der Waals surface area contributed by atoms with Crippen molar-refractivity contribution in [1.82, 2.24) is 39.0 Å². The third-order valence-electron chi connectivity index (χ3n) is 7.29. The van der Waals surface area contributed by atoms with Crippen molar-refractivity contribution < 1.29 is 46.1 Å². The van der Waals surface area contributed by atoms with E-state index in [-0.39, 0.29) is 22.8 Å². The smallest absolute Gasteiger partial charge is 0.382 e. The van der Waals surface area contributed by atoms with Crippen molar-refractivity contribution in [3.8, 4) is 0 Å². The van der Waals surface area contributed by atoms with Gasteiger partial charge in [-0.15, -0.1) is 0 Å². The van der Waals surface area contributed by atoms with Gasteiger partial charge in [-0.1, -0.05) is 12.2 Å². The number of halogens is 1. The van der Waals surface area contributed by atoms with E-state index in [9.17, 15) is 18.9 Å². The summed E-state index contributed by atoms with van der Waals surface area (Å²) in [6.07, 6.45) is 0.106. The van der Waals surface area contributed by atoms with Crippen molar-refractivity contribution in [3.05, 3.63) is 37.5 Å². The first-order chi connectivity index (χ1) is 20.5. The van der Waals surface area contributed by atoms with Crippen molar-refractivity contribution in [1.29, 1.82) is 0 Å². The Hall–Kier alpha value is -3.45. The normalized spacial score (nSPS) is 36.8. The zero-order valence-electron chi connectivity index (χ0n) is 21.7. The van der Waals surface area contributed by atoms with E-state index in [1.165, 1.54) is 28.1 Å². The van der Waals surface area contributed by atoms with Crippen molar-refractivity contribution in [2.24, 2.45) is 5.92 Å². The Morgan fingerprint density at radius 3 is 2.07 bits per heavy atom. The van der Waals surface area contributed by atoms with Crippen molar-refractivity contribution >= 4 is 49.6 Å². The maximum absolute atomic E-state index is 15.8. The molecule has 19 nitrogen and oxygen atoms in total. The molecule has 0 radical (unpaired) electrons. The first-order valence-corrected chi connectivity index (χ1v) is 15.7. The minimum atomic E-state index is -4.94. The maximum atomic E-state index is 15.8. The highest BCUT2D eigenvalue weighted by atomic mass is 31.2. The van der Waals surface area contributed by atoms with E-state index in [0.717, 1.165) is 6.33 Å². The quantitative estimate of drug-likeness (QED) is 0.174. The third kappa shape index (κ3) is 4.99. The van der Waals surface area contributed by atoms with E-state index in [4.69, 9.17) is 34.3 Å². The van der Waals surface area contributed by atoms with Crippen LogP contribution in [-0.2, 0) is 32.0 Å².